The van der Waals surface area contributed by atoms with Gasteiger partial charge >= 0.3 is 0 Å². The number of aromatic hydroxyl groups is 1. The molecule has 3 heterocycles. The highest BCUT2D eigenvalue weighted by molar-refractivity contribution is 5.97. The highest BCUT2D eigenvalue weighted by Crippen LogP contribution is 2.41. The third-order valence-electron chi connectivity index (χ3n) is 6.09. The maximum atomic E-state index is 12.4. The van der Waals surface area contributed by atoms with Crippen LogP contribution in [-0.2, 0) is 7.05 Å². The average molecular weight is 488 g/mol. The molecule has 3 aromatic heterocycles. The van der Waals surface area contributed by atoms with Crippen LogP contribution in [0, 0.1) is 6.92 Å². The minimum atomic E-state index is -0.535. The van der Waals surface area contributed by atoms with Crippen molar-refractivity contribution in [3.8, 4) is 57.1 Å². The quantitative estimate of drug-likeness (QED) is 0.351. The van der Waals surface area contributed by atoms with E-state index in [0.717, 1.165) is 22.0 Å². The van der Waals surface area contributed by atoms with Crippen molar-refractivity contribution >= 4 is 10.9 Å². The van der Waals surface area contributed by atoms with Crippen molar-refractivity contribution in [2.24, 2.45) is 7.05 Å². The Labute approximate surface area is 206 Å². The normalized spacial score (nSPS) is 11.1. The Morgan fingerprint density at radius 2 is 1.69 bits per heavy atom. The minimum Gasteiger partial charge on any atom is -0.501 e. The molecule has 5 aromatic rings. The van der Waals surface area contributed by atoms with Gasteiger partial charge in [0.2, 0.25) is 11.2 Å². The molecule has 0 atom stereocenters. The standard InChI is InChI=1S/C27H25N3O6/c1-14-10-20(31)25(32)26(36-14)24-23(15-6-8-16(33-3)9-7-15)28-27(29-24)18-13-30(2)19-12-22(35-5)21(34-4)11-17(18)19/h6-13,32H,1-5H3,(H,28,29). The molecule has 0 saturated heterocycles. The summed E-state index contributed by atoms with van der Waals surface area (Å²) in [6.45, 7) is 1.65. The van der Waals surface area contributed by atoms with Crippen LogP contribution in [-0.4, -0.2) is 41.0 Å². The van der Waals surface area contributed by atoms with Gasteiger partial charge in [0.15, 0.2) is 17.3 Å². The first-order chi connectivity index (χ1) is 17.3. The molecule has 2 N–H and O–H groups in total. The lowest BCUT2D eigenvalue weighted by molar-refractivity contribution is 0.355. The van der Waals surface area contributed by atoms with Crippen molar-refractivity contribution in [3.63, 3.8) is 0 Å². The highest BCUT2D eigenvalue weighted by atomic mass is 16.5. The van der Waals surface area contributed by atoms with Gasteiger partial charge in [-0.3, -0.25) is 4.79 Å². The molecule has 0 saturated carbocycles. The predicted octanol–water partition coefficient (Wildman–Crippen LogP) is 4.90. The van der Waals surface area contributed by atoms with Gasteiger partial charge in [0, 0.05) is 41.9 Å². The highest BCUT2D eigenvalue weighted by Gasteiger charge is 2.24. The van der Waals surface area contributed by atoms with Gasteiger partial charge in [0.05, 0.1) is 26.8 Å². The Morgan fingerprint density at radius 1 is 1.00 bits per heavy atom. The number of hydrogen-bond acceptors (Lipinski definition) is 7. The number of fused-ring (bicyclic) bond motifs is 1. The molecule has 0 spiro atoms. The number of hydrogen-bond donors (Lipinski definition) is 2. The second-order valence-electron chi connectivity index (χ2n) is 8.31. The number of nitrogens with one attached hydrogen (secondary N) is 1. The second kappa shape index (κ2) is 8.84. The number of methoxy groups -OCH3 is 3. The van der Waals surface area contributed by atoms with Gasteiger partial charge in [0.25, 0.3) is 0 Å². The third-order valence-corrected chi connectivity index (χ3v) is 6.09. The maximum Gasteiger partial charge on any atom is 0.227 e. The zero-order valence-electron chi connectivity index (χ0n) is 20.5. The van der Waals surface area contributed by atoms with Crippen LogP contribution in [0.3, 0.4) is 0 Å². The first-order valence-electron chi connectivity index (χ1n) is 11.1. The molecule has 184 valence electrons. The Kier molecular flexibility index (Phi) is 5.68. The van der Waals surface area contributed by atoms with Crippen molar-refractivity contribution in [1.29, 1.82) is 0 Å². The summed E-state index contributed by atoms with van der Waals surface area (Å²) in [6, 6.07) is 12.4. The molecule has 0 unspecified atom stereocenters. The van der Waals surface area contributed by atoms with Crippen LogP contribution in [0.5, 0.6) is 23.0 Å². The van der Waals surface area contributed by atoms with E-state index in [1.807, 2.05) is 54.2 Å². The zero-order valence-corrected chi connectivity index (χ0v) is 20.5. The number of nitrogens with zero attached hydrogens (tertiary/aromatic N) is 2. The van der Waals surface area contributed by atoms with Crippen LogP contribution in [0.15, 0.2) is 57.9 Å². The monoisotopic (exact) mass is 487 g/mol. The largest absolute Gasteiger partial charge is 0.501 e. The number of aryl methyl sites for hydroxylation is 2. The molecule has 0 fully saturated rings. The lowest BCUT2D eigenvalue weighted by Crippen LogP contribution is -2.01. The van der Waals surface area contributed by atoms with Crippen LogP contribution in [0.25, 0.3) is 45.0 Å². The molecule has 0 amide bonds. The summed E-state index contributed by atoms with van der Waals surface area (Å²) in [5.74, 6) is 2.31. The average Bonchev–Trinajstić information content (AvgIpc) is 3.46. The second-order valence-corrected chi connectivity index (χ2v) is 8.31. The SMILES string of the molecule is COc1ccc(-c2nc(-c3cn(C)c4cc(OC)c(OC)cc34)[nH]c2-c2oc(C)cc(=O)c2O)cc1. The molecule has 0 aliphatic carbocycles. The summed E-state index contributed by atoms with van der Waals surface area (Å²) in [7, 11) is 6.70. The zero-order chi connectivity index (χ0) is 25.6. The van der Waals surface area contributed by atoms with E-state index in [0.29, 0.717) is 40.2 Å². The molecule has 0 bridgehead atoms. The van der Waals surface area contributed by atoms with Crippen LogP contribution >= 0.6 is 0 Å². The van der Waals surface area contributed by atoms with E-state index >= 15 is 0 Å². The van der Waals surface area contributed by atoms with E-state index in [9.17, 15) is 9.90 Å². The Balaban J connectivity index is 1.78. The van der Waals surface area contributed by atoms with Crippen molar-refractivity contribution in [2.45, 2.75) is 6.92 Å². The van der Waals surface area contributed by atoms with Crippen LogP contribution in [0.2, 0.25) is 0 Å². The molecule has 0 radical (unpaired) electrons. The summed E-state index contributed by atoms with van der Waals surface area (Å²) >= 11 is 0. The number of imidazole rings is 1. The first-order valence-corrected chi connectivity index (χ1v) is 11.1. The molecule has 36 heavy (non-hydrogen) atoms. The fourth-order valence-electron chi connectivity index (χ4n) is 4.29. The van der Waals surface area contributed by atoms with Gasteiger partial charge < -0.3 is 33.3 Å². The van der Waals surface area contributed by atoms with Gasteiger partial charge in [-0.1, -0.05) is 0 Å². The molecular formula is C27H25N3O6. The van der Waals surface area contributed by atoms with Crippen molar-refractivity contribution in [3.05, 3.63) is 64.6 Å². The van der Waals surface area contributed by atoms with E-state index in [4.69, 9.17) is 23.6 Å². The van der Waals surface area contributed by atoms with Crippen LogP contribution < -0.4 is 19.6 Å². The number of ether oxygens (including phenoxy) is 3. The van der Waals surface area contributed by atoms with Gasteiger partial charge in [-0.2, -0.15) is 0 Å². The lowest BCUT2D eigenvalue weighted by atomic mass is 10.1. The number of benzene rings is 2. The summed E-state index contributed by atoms with van der Waals surface area (Å²) in [5, 5.41) is 11.5. The molecule has 2 aromatic carbocycles. The summed E-state index contributed by atoms with van der Waals surface area (Å²) in [6.07, 6.45) is 1.94. The van der Waals surface area contributed by atoms with E-state index < -0.39 is 11.2 Å². The van der Waals surface area contributed by atoms with E-state index in [1.165, 1.54) is 6.07 Å². The lowest BCUT2D eigenvalue weighted by Gasteiger charge is -2.08. The molecule has 0 aliphatic heterocycles. The predicted molar refractivity (Wildman–Crippen MR) is 136 cm³/mol. The van der Waals surface area contributed by atoms with Crippen LogP contribution in [0.1, 0.15) is 5.76 Å². The maximum absolute atomic E-state index is 12.4. The molecule has 5 rings (SSSR count). The molecular weight excluding hydrogens is 462 g/mol. The van der Waals surface area contributed by atoms with Crippen molar-refractivity contribution in [2.75, 3.05) is 21.3 Å². The Hall–Kier alpha value is -4.66. The summed E-state index contributed by atoms with van der Waals surface area (Å²) in [5.41, 5.74) is 2.81. The molecule has 0 aliphatic rings. The summed E-state index contributed by atoms with van der Waals surface area (Å²) < 4.78 is 24.0. The van der Waals surface area contributed by atoms with Crippen LogP contribution in [0.4, 0.5) is 0 Å². The van der Waals surface area contributed by atoms with Crippen molar-refractivity contribution < 1.29 is 23.7 Å². The topological polar surface area (TPSA) is 112 Å². The van der Waals surface area contributed by atoms with Gasteiger partial charge in [0.1, 0.15) is 28.7 Å². The molecule has 9 heteroatoms. The summed E-state index contributed by atoms with van der Waals surface area (Å²) in [4.78, 5) is 20.5. The fourth-order valence-corrected chi connectivity index (χ4v) is 4.29. The van der Waals surface area contributed by atoms with Gasteiger partial charge in [-0.15, -0.1) is 0 Å². The number of aromatic nitrogens is 3. The van der Waals surface area contributed by atoms with Crippen molar-refractivity contribution in [1.82, 2.24) is 14.5 Å². The third kappa shape index (κ3) is 3.74. The number of rotatable bonds is 6. The van der Waals surface area contributed by atoms with Gasteiger partial charge in [-0.05, 0) is 37.3 Å². The fraction of sp³-hybridized carbons (Fsp3) is 0.185. The van der Waals surface area contributed by atoms with E-state index in [-0.39, 0.29) is 5.76 Å². The van der Waals surface area contributed by atoms with E-state index in [1.54, 1.807) is 28.3 Å². The first kappa shape index (κ1) is 23.1. The smallest absolute Gasteiger partial charge is 0.227 e. The number of aromatic amines is 1. The number of H-pyrrole nitrogens is 1. The Bertz CT molecular complexity index is 1640. The molecule has 9 nitrogen and oxygen atoms in total. The minimum absolute atomic E-state index is 0.0176. The van der Waals surface area contributed by atoms with E-state index in [2.05, 4.69) is 4.98 Å². The Morgan fingerprint density at radius 3 is 2.36 bits per heavy atom. The van der Waals surface area contributed by atoms with Gasteiger partial charge in [-0.25, -0.2) is 4.98 Å².